The fraction of sp³-hybridized carbons (Fsp3) is 0.690. The van der Waals surface area contributed by atoms with Gasteiger partial charge in [-0.15, -0.1) is 0 Å². The Morgan fingerprint density at radius 1 is 0.645 bits per heavy atom. The quantitative estimate of drug-likeness (QED) is 0.159. The zero-order chi connectivity index (χ0) is 22.0. The molecular weight excluding hydrogens is 376 g/mol. The topological polar surface area (TPSA) is 8.81 Å². The molecule has 0 atom stereocenters. The predicted octanol–water partition coefficient (Wildman–Crippen LogP) is 8.06. The second-order valence-electron chi connectivity index (χ2n) is 9.33. The van der Waals surface area contributed by atoms with Gasteiger partial charge in [-0.3, -0.25) is 0 Å². The van der Waals surface area contributed by atoms with Crippen LogP contribution in [0.25, 0.3) is 0 Å². The maximum absolute atomic E-state index is 2.52. The summed E-state index contributed by atoms with van der Waals surface area (Å²) in [4.78, 5) is 0. The molecule has 0 saturated carbocycles. The lowest BCUT2D eigenvalue weighted by atomic mass is 10.0. The SMILES string of the molecule is CCCCCCCCCCCCCCc1n(CCC)cc[n+]1CCCc1ccccc1. The van der Waals surface area contributed by atoms with E-state index in [1.165, 1.54) is 108 Å². The highest BCUT2D eigenvalue weighted by Crippen LogP contribution is 2.13. The summed E-state index contributed by atoms with van der Waals surface area (Å²) < 4.78 is 5.03. The molecular formula is C29H49N2+. The molecule has 31 heavy (non-hydrogen) atoms. The molecule has 2 aromatic rings. The van der Waals surface area contributed by atoms with E-state index in [9.17, 15) is 0 Å². The van der Waals surface area contributed by atoms with Crippen molar-refractivity contribution in [2.24, 2.45) is 0 Å². The van der Waals surface area contributed by atoms with Gasteiger partial charge in [-0.2, -0.15) is 0 Å². The van der Waals surface area contributed by atoms with Crippen LogP contribution in [0.2, 0.25) is 0 Å². The maximum atomic E-state index is 2.52. The lowest BCUT2D eigenvalue weighted by Crippen LogP contribution is -2.37. The molecule has 0 bridgehead atoms. The van der Waals surface area contributed by atoms with E-state index in [0.29, 0.717) is 0 Å². The zero-order valence-electron chi connectivity index (χ0n) is 20.7. The maximum Gasteiger partial charge on any atom is 0.256 e. The molecule has 0 aliphatic heterocycles. The molecule has 0 amide bonds. The second-order valence-corrected chi connectivity index (χ2v) is 9.33. The summed E-state index contributed by atoms with van der Waals surface area (Å²) in [5, 5.41) is 0. The first kappa shape index (κ1) is 25.7. The van der Waals surface area contributed by atoms with Gasteiger partial charge in [0.2, 0.25) is 0 Å². The first-order valence-corrected chi connectivity index (χ1v) is 13.5. The van der Waals surface area contributed by atoms with Crippen LogP contribution < -0.4 is 4.57 Å². The highest BCUT2D eigenvalue weighted by molar-refractivity contribution is 5.14. The number of benzene rings is 1. The highest BCUT2D eigenvalue weighted by atomic mass is 15.1. The summed E-state index contributed by atoms with van der Waals surface area (Å²) in [5.74, 6) is 1.54. The zero-order valence-corrected chi connectivity index (χ0v) is 20.7. The molecule has 2 heteroatoms. The number of unbranched alkanes of at least 4 members (excludes halogenated alkanes) is 11. The van der Waals surface area contributed by atoms with Crippen LogP contribution in [0.1, 0.15) is 115 Å². The number of aromatic nitrogens is 2. The van der Waals surface area contributed by atoms with Gasteiger partial charge in [-0.1, -0.05) is 115 Å². The van der Waals surface area contributed by atoms with Gasteiger partial charge >= 0.3 is 0 Å². The number of hydrogen-bond acceptors (Lipinski definition) is 0. The third-order valence-corrected chi connectivity index (χ3v) is 6.52. The molecule has 0 saturated heterocycles. The minimum absolute atomic E-state index is 1.14. The molecule has 2 nitrogen and oxygen atoms in total. The van der Waals surface area contributed by atoms with Crippen LogP contribution >= 0.6 is 0 Å². The van der Waals surface area contributed by atoms with Crippen LogP contribution in [0.4, 0.5) is 0 Å². The van der Waals surface area contributed by atoms with E-state index in [4.69, 9.17) is 0 Å². The summed E-state index contributed by atoms with van der Waals surface area (Å²) in [6, 6.07) is 10.9. The Morgan fingerprint density at radius 3 is 1.87 bits per heavy atom. The van der Waals surface area contributed by atoms with Crippen molar-refractivity contribution in [3.63, 3.8) is 0 Å². The summed E-state index contributed by atoms with van der Waals surface area (Å²) in [7, 11) is 0. The molecule has 0 unspecified atom stereocenters. The fourth-order valence-electron chi connectivity index (χ4n) is 4.66. The Bertz CT molecular complexity index is 659. The van der Waals surface area contributed by atoms with Gasteiger partial charge in [0, 0.05) is 6.42 Å². The van der Waals surface area contributed by atoms with Crippen LogP contribution in [0.15, 0.2) is 42.7 Å². The van der Waals surface area contributed by atoms with Crippen molar-refractivity contribution in [3.8, 4) is 0 Å². The molecule has 1 heterocycles. The third-order valence-electron chi connectivity index (χ3n) is 6.52. The molecule has 174 valence electrons. The van der Waals surface area contributed by atoms with Crippen molar-refractivity contribution in [2.75, 3.05) is 0 Å². The Balaban J connectivity index is 1.61. The minimum atomic E-state index is 1.14. The molecule has 1 aromatic heterocycles. The Labute approximate surface area is 193 Å². The summed E-state index contributed by atoms with van der Waals surface area (Å²) in [6.45, 7) is 6.87. The standard InChI is InChI=1S/C29H49N2/c1-3-5-6-7-8-9-10-11-12-13-14-18-23-29-30(24-4-2)26-27-31(29)25-19-22-28-20-16-15-17-21-28/h15-17,20-21,26-27H,3-14,18-19,22-25H2,1-2H3/q+1. The first-order valence-electron chi connectivity index (χ1n) is 13.5. The number of rotatable bonds is 19. The normalized spacial score (nSPS) is 11.3. The molecule has 0 aliphatic carbocycles. The lowest BCUT2D eigenvalue weighted by Gasteiger charge is -2.06. The summed E-state index contributed by atoms with van der Waals surface area (Å²) in [5.41, 5.74) is 1.46. The van der Waals surface area contributed by atoms with E-state index in [1.54, 1.807) is 5.82 Å². The average molecular weight is 426 g/mol. The van der Waals surface area contributed by atoms with Crippen molar-refractivity contribution < 1.29 is 4.57 Å². The molecule has 2 rings (SSSR count). The van der Waals surface area contributed by atoms with Crippen molar-refractivity contribution in [3.05, 3.63) is 54.1 Å². The first-order chi connectivity index (χ1) is 15.3. The molecule has 0 radical (unpaired) electrons. The van der Waals surface area contributed by atoms with Crippen molar-refractivity contribution in [2.45, 2.75) is 130 Å². The Morgan fingerprint density at radius 2 is 1.26 bits per heavy atom. The van der Waals surface area contributed by atoms with Crippen molar-refractivity contribution >= 4 is 0 Å². The van der Waals surface area contributed by atoms with Gasteiger partial charge in [0.25, 0.3) is 5.82 Å². The van der Waals surface area contributed by atoms with E-state index in [2.05, 4.69) is 65.7 Å². The van der Waals surface area contributed by atoms with Gasteiger partial charge in [-0.05, 0) is 31.2 Å². The molecule has 1 aromatic carbocycles. The molecule has 0 fully saturated rings. The monoisotopic (exact) mass is 425 g/mol. The van der Waals surface area contributed by atoms with Gasteiger partial charge in [0.1, 0.15) is 12.4 Å². The van der Waals surface area contributed by atoms with Gasteiger partial charge < -0.3 is 0 Å². The minimum Gasteiger partial charge on any atom is -0.234 e. The van der Waals surface area contributed by atoms with Crippen LogP contribution in [-0.4, -0.2) is 4.57 Å². The van der Waals surface area contributed by atoms with E-state index in [0.717, 1.165) is 13.1 Å². The van der Waals surface area contributed by atoms with Gasteiger partial charge in [-0.25, -0.2) is 9.13 Å². The highest BCUT2D eigenvalue weighted by Gasteiger charge is 2.16. The van der Waals surface area contributed by atoms with Crippen LogP contribution in [0.3, 0.4) is 0 Å². The largest absolute Gasteiger partial charge is 0.256 e. The van der Waals surface area contributed by atoms with Crippen molar-refractivity contribution in [1.82, 2.24) is 4.57 Å². The second kappa shape index (κ2) is 17.0. The lowest BCUT2D eigenvalue weighted by molar-refractivity contribution is -0.704. The van der Waals surface area contributed by atoms with Crippen LogP contribution in [0.5, 0.6) is 0 Å². The number of hydrogen-bond donors (Lipinski definition) is 0. The number of nitrogens with zero attached hydrogens (tertiary/aromatic N) is 2. The van der Waals surface area contributed by atoms with Crippen LogP contribution in [0, 0.1) is 0 Å². The third kappa shape index (κ3) is 11.0. The molecule has 0 N–H and O–H groups in total. The fourth-order valence-corrected chi connectivity index (χ4v) is 4.66. The van der Waals surface area contributed by atoms with Gasteiger partial charge in [0.15, 0.2) is 0 Å². The van der Waals surface area contributed by atoms with E-state index >= 15 is 0 Å². The molecule has 0 aliphatic rings. The van der Waals surface area contributed by atoms with Crippen LogP contribution in [-0.2, 0) is 25.9 Å². The number of imidazole rings is 1. The number of aryl methyl sites for hydroxylation is 3. The summed E-state index contributed by atoms with van der Waals surface area (Å²) in [6.07, 6.45) is 26.5. The Kier molecular flexibility index (Phi) is 14.1. The average Bonchev–Trinajstić information content (AvgIpc) is 3.17. The summed E-state index contributed by atoms with van der Waals surface area (Å²) >= 11 is 0. The predicted molar refractivity (Wildman–Crippen MR) is 134 cm³/mol. The van der Waals surface area contributed by atoms with Crippen molar-refractivity contribution in [1.29, 1.82) is 0 Å². The molecule has 0 spiro atoms. The smallest absolute Gasteiger partial charge is 0.234 e. The van der Waals surface area contributed by atoms with E-state index < -0.39 is 0 Å². The Hall–Kier alpha value is -1.57. The van der Waals surface area contributed by atoms with E-state index in [1.807, 2.05) is 0 Å². The van der Waals surface area contributed by atoms with E-state index in [-0.39, 0.29) is 0 Å². The van der Waals surface area contributed by atoms with Gasteiger partial charge in [0.05, 0.1) is 13.1 Å².